The highest BCUT2D eigenvalue weighted by Gasteiger charge is 2.13. The van der Waals surface area contributed by atoms with Gasteiger partial charge < -0.3 is 4.84 Å². The minimum absolute atomic E-state index is 0.0764. The summed E-state index contributed by atoms with van der Waals surface area (Å²) in [6.07, 6.45) is 0. The maximum Gasteiger partial charge on any atom is 0.331 e. The Labute approximate surface area is 157 Å². The number of aromatic nitrogens is 1. The average Bonchev–Trinajstić information content (AvgIpc) is 3.51. The lowest BCUT2D eigenvalue weighted by Crippen LogP contribution is -2.11. The van der Waals surface area contributed by atoms with E-state index in [0.717, 1.165) is 9.79 Å². The normalized spacial score (nSPS) is 11.2. The fourth-order valence-electron chi connectivity index (χ4n) is 2.10. The Kier molecular flexibility index (Phi) is 5.28. The molecular weight excluding hydrogens is 370 g/mol. The number of Topliss-reactive ketones (excluding diaryl/α,β-unsaturated/α-hetero) is 1. The number of benzene rings is 2. The van der Waals surface area contributed by atoms with Gasteiger partial charge in [-0.25, -0.2) is 4.79 Å². The van der Waals surface area contributed by atoms with E-state index in [0.29, 0.717) is 16.8 Å². The Morgan fingerprint density at radius 3 is 2.44 bits per heavy atom. The van der Waals surface area contributed by atoms with Gasteiger partial charge in [-0.05, 0) is 49.4 Å². The maximum atomic E-state index is 12.2. The summed E-state index contributed by atoms with van der Waals surface area (Å²) in [5, 5.41) is 12.8. The summed E-state index contributed by atoms with van der Waals surface area (Å²) in [5.74, 6) is -0.932. The zero-order valence-electron chi connectivity index (χ0n) is 14.3. The predicted molar refractivity (Wildman–Crippen MR) is 94.8 cm³/mol. The lowest BCUT2D eigenvalue weighted by Gasteiger charge is -2.06. The molecule has 1 aromatic heterocycles. The minimum atomic E-state index is -0.593. The molecule has 3 rings (SSSR count). The van der Waals surface area contributed by atoms with Crippen molar-refractivity contribution >= 4 is 29.2 Å². The predicted octanol–water partition coefficient (Wildman–Crippen LogP) is 3.81. The summed E-state index contributed by atoms with van der Waals surface area (Å²) in [7, 11) is 0. The van der Waals surface area contributed by atoms with Crippen LogP contribution in [-0.2, 0) is 9.63 Å². The third-order valence-corrected chi connectivity index (χ3v) is 4.51. The third kappa shape index (κ3) is 4.56. The first-order valence-electron chi connectivity index (χ1n) is 7.72. The molecule has 9 heteroatoms. The van der Waals surface area contributed by atoms with Gasteiger partial charge in [-0.15, -0.1) is 9.36 Å². The topological polar surface area (TPSA) is 111 Å². The van der Waals surface area contributed by atoms with Crippen LogP contribution in [0.25, 0.3) is 5.69 Å². The van der Waals surface area contributed by atoms with Gasteiger partial charge in [0.2, 0.25) is 5.78 Å². The van der Waals surface area contributed by atoms with Gasteiger partial charge in [-0.3, -0.25) is 4.79 Å². The van der Waals surface area contributed by atoms with E-state index in [-0.39, 0.29) is 11.5 Å². The second-order valence-electron chi connectivity index (χ2n) is 5.41. The van der Waals surface area contributed by atoms with Gasteiger partial charge in [0, 0.05) is 22.3 Å². The van der Waals surface area contributed by atoms with Crippen LogP contribution in [0.2, 0.25) is 0 Å². The highest BCUT2D eigenvalue weighted by Crippen LogP contribution is 2.32. The SMILES string of the molecule is CC(=O)O/N=C(\C)C(=O)c1ccc(Sc2ccc(-n3oo3)cc2C#N)cc1. The molecule has 0 saturated carbocycles. The van der Waals surface area contributed by atoms with Gasteiger partial charge >= 0.3 is 5.97 Å². The van der Waals surface area contributed by atoms with Crippen LogP contribution in [-0.4, -0.2) is 22.4 Å². The van der Waals surface area contributed by atoms with Gasteiger partial charge in [0.1, 0.15) is 17.5 Å². The number of hydrogen-bond donors (Lipinski definition) is 0. The van der Waals surface area contributed by atoms with Gasteiger partial charge in [0.25, 0.3) is 0 Å². The van der Waals surface area contributed by atoms with Crippen molar-refractivity contribution in [2.75, 3.05) is 0 Å². The van der Waals surface area contributed by atoms with Gasteiger partial charge in [-0.1, -0.05) is 16.9 Å². The molecule has 27 heavy (non-hydrogen) atoms. The molecule has 0 N–H and O–H groups in total. The number of hydrogen-bond acceptors (Lipinski definition) is 8. The molecule has 8 nitrogen and oxygen atoms in total. The minimum Gasteiger partial charge on any atom is -0.318 e. The third-order valence-electron chi connectivity index (χ3n) is 3.43. The number of oxime groups is 1. The molecule has 1 heterocycles. The number of carbonyl (C=O) groups is 2. The molecule has 0 aliphatic carbocycles. The Morgan fingerprint density at radius 1 is 1.15 bits per heavy atom. The molecular formula is C18H13N3O5S. The van der Waals surface area contributed by atoms with Crippen LogP contribution in [0.1, 0.15) is 29.8 Å². The van der Waals surface area contributed by atoms with Crippen LogP contribution in [0.3, 0.4) is 0 Å². The first-order chi connectivity index (χ1) is 13.0. The lowest BCUT2D eigenvalue weighted by molar-refractivity contribution is -0.140. The smallest absolute Gasteiger partial charge is 0.318 e. The average molecular weight is 383 g/mol. The molecule has 0 aliphatic rings. The zero-order valence-corrected chi connectivity index (χ0v) is 15.1. The summed E-state index contributed by atoms with van der Waals surface area (Å²) < 4.78 is 9.17. The maximum absolute atomic E-state index is 12.2. The van der Waals surface area contributed by atoms with Crippen molar-refractivity contribution in [3.63, 3.8) is 0 Å². The van der Waals surface area contributed by atoms with Crippen LogP contribution in [0.4, 0.5) is 0 Å². The quantitative estimate of drug-likeness (QED) is 0.209. The van der Waals surface area contributed by atoms with Crippen molar-refractivity contribution in [3.8, 4) is 11.8 Å². The number of rotatable bonds is 6. The molecule has 0 bridgehead atoms. The van der Waals surface area contributed by atoms with E-state index < -0.39 is 5.97 Å². The Hall–Kier alpha value is -3.51. The molecule has 0 saturated heterocycles. The number of nitriles is 1. The monoisotopic (exact) mass is 383 g/mol. The van der Waals surface area contributed by atoms with Crippen molar-refractivity contribution in [1.82, 2.24) is 4.91 Å². The van der Waals surface area contributed by atoms with E-state index in [9.17, 15) is 14.9 Å². The molecule has 3 aromatic rings. The first kappa shape index (κ1) is 18.3. The van der Waals surface area contributed by atoms with Crippen LogP contribution >= 0.6 is 11.8 Å². The summed E-state index contributed by atoms with van der Waals surface area (Å²) in [5.41, 5.74) is 1.59. The van der Waals surface area contributed by atoms with Crippen molar-refractivity contribution < 1.29 is 23.8 Å². The molecule has 0 radical (unpaired) electrons. The van der Waals surface area contributed by atoms with Crippen molar-refractivity contribution in [2.24, 2.45) is 5.16 Å². The van der Waals surface area contributed by atoms with E-state index in [2.05, 4.69) is 25.4 Å². The fraction of sp³-hybridized carbons (Fsp3) is 0.111. The van der Waals surface area contributed by atoms with Gasteiger partial charge in [0.05, 0.1) is 10.5 Å². The van der Waals surface area contributed by atoms with Crippen molar-refractivity contribution in [3.05, 3.63) is 53.6 Å². The Bertz CT molecular complexity index is 1040. The summed E-state index contributed by atoms with van der Waals surface area (Å²) in [4.78, 5) is 30.3. The van der Waals surface area contributed by atoms with E-state index in [1.165, 1.54) is 30.5 Å². The fourth-order valence-corrected chi connectivity index (χ4v) is 2.97. The Balaban J connectivity index is 1.74. The van der Waals surface area contributed by atoms with Crippen molar-refractivity contribution in [2.45, 2.75) is 23.6 Å². The van der Waals surface area contributed by atoms with Crippen LogP contribution < -0.4 is 0 Å². The summed E-state index contributed by atoms with van der Waals surface area (Å²) in [6, 6.07) is 14.2. The molecule has 136 valence electrons. The standard InChI is InChI=1S/C18H13N3O5S/c1-11(20-24-12(2)22)18(23)13-3-6-16(7-4-13)27-17-8-5-15(21-25-26-21)9-14(17)10-19/h3-9H,1-2H3/b20-11+. The number of nitrogens with zero attached hydrogens (tertiary/aromatic N) is 3. The molecule has 0 aliphatic heterocycles. The second-order valence-corrected chi connectivity index (χ2v) is 6.53. The largest absolute Gasteiger partial charge is 0.331 e. The molecule has 0 atom stereocenters. The van der Waals surface area contributed by atoms with Crippen LogP contribution in [0, 0.1) is 11.3 Å². The molecule has 0 fully saturated rings. The van der Waals surface area contributed by atoms with E-state index in [1.54, 1.807) is 42.5 Å². The molecule has 0 amide bonds. The highest BCUT2D eigenvalue weighted by molar-refractivity contribution is 7.99. The van der Waals surface area contributed by atoms with E-state index >= 15 is 0 Å². The van der Waals surface area contributed by atoms with Crippen molar-refractivity contribution in [1.29, 1.82) is 5.26 Å². The zero-order chi connectivity index (χ0) is 19.4. The van der Waals surface area contributed by atoms with Gasteiger partial charge in [-0.2, -0.15) is 5.26 Å². The number of ketones is 1. The molecule has 0 unspecified atom stereocenters. The van der Waals surface area contributed by atoms with Crippen LogP contribution in [0.15, 0.2) is 66.8 Å². The van der Waals surface area contributed by atoms with E-state index in [4.69, 9.17) is 0 Å². The number of carbonyl (C=O) groups excluding carboxylic acids is 2. The second kappa shape index (κ2) is 7.80. The first-order valence-corrected chi connectivity index (χ1v) is 8.53. The lowest BCUT2D eigenvalue weighted by atomic mass is 10.1. The summed E-state index contributed by atoms with van der Waals surface area (Å²) >= 11 is 1.39. The van der Waals surface area contributed by atoms with E-state index in [1.807, 2.05) is 0 Å². The molecule has 0 spiro atoms. The summed E-state index contributed by atoms with van der Waals surface area (Å²) in [6.45, 7) is 2.68. The van der Waals surface area contributed by atoms with Gasteiger partial charge in [0.15, 0.2) is 0 Å². The van der Waals surface area contributed by atoms with Crippen LogP contribution in [0.5, 0.6) is 0 Å². The highest BCUT2D eigenvalue weighted by atomic mass is 32.2. The Morgan fingerprint density at radius 2 is 1.85 bits per heavy atom. The molecule has 2 aromatic carbocycles.